The monoisotopic (exact) mass is 425 g/mol. The minimum absolute atomic E-state index is 0.247. The van der Waals surface area contributed by atoms with Crippen LogP contribution in [-0.2, 0) is 22.1 Å². The zero-order chi connectivity index (χ0) is 21.6. The van der Waals surface area contributed by atoms with Crippen LogP contribution in [0.5, 0.6) is 0 Å². The normalized spacial score (nSPS) is 22.4. The molecule has 6 nitrogen and oxygen atoms in total. The van der Waals surface area contributed by atoms with Crippen LogP contribution in [0.15, 0.2) is 12.3 Å². The Morgan fingerprint density at radius 3 is 2.45 bits per heavy atom. The van der Waals surface area contributed by atoms with E-state index in [1.165, 1.54) is 12.3 Å². The van der Waals surface area contributed by atoms with Gasteiger partial charge < -0.3 is 9.64 Å². The topological polar surface area (TPSA) is 71.5 Å². The first-order chi connectivity index (χ1) is 13.3. The summed E-state index contributed by atoms with van der Waals surface area (Å²) in [4.78, 5) is 18.5. The Morgan fingerprint density at radius 2 is 1.90 bits per heavy atom. The molecule has 29 heavy (non-hydrogen) atoms. The molecule has 1 fully saturated rings. The number of likely N-dealkylation sites (tertiary alicyclic amines) is 1. The molecule has 2 aliphatic rings. The molecule has 1 aliphatic carbocycles. The second-order valence-corrected chi connectivity index (χ2v) is 12.1. The van der Waals surface area contributed by atoms with Gasteiger partial charge in [-0.25, -0.2) is 18.1 Å². The molecule has 0 bridgehead atoms. The number of aromatic nitrogens is 1. The fourth-order valence-corrected chi connectivity index (χ4v) is 4.99. The van der Waals surface area contributed by atoms with Gasteiger partial charge in [0.25, 0.3) is 0 Å². The van der Waals surface area contributed by atoms with Crippen molar-refractivity contribution in [1.82, 2.24) is 14.6 Å². The Hall–Kier alpha value is -1.54. The number of nitrogens with one attached hydrogen (secondary N) is 1. The van der Waals surface area contributed by atoms with Crippen LogP contribution < -0.4 is 4.72 Å². The van der Waals surface area contributed by atoms with Crippen molar-refractivity contribution < 1.29 is 18.1 Å². The zero-order valence-electron chi connectivity index (χ0n) is 18.2. The van der Waals surface area contributed by atoms with Crippen molar-refractivity contribution in [2.45, 2.75) is 77.2 Å². The first-order valence-electron chi connectivity index (χ1n) is 10.1. The van der Waals surface area contributed by atoms with Crippen LogP contribution in [0.2, 0.25) is 0 Å². The number of piperidine rings is 1. The Morgan fingerprint density at radius 1 is 1.28 bits per heavy atom. The molecule has 2 heterocycles. The second-order valence-electron chi connectivity index (χ2n) is 10.1. The lowest BCUT2D eigenvalue weighted by Crippen LogP contribution is -2.49. The van der Waals surface area contributed by atoms with Crippen molar-refractivity contribution in [2.75, 3.05) is 13.1 Å². The smallest absolute Gasteiger partial charge is 0.410 e. The van der Waals surface area contributed by atoms with E-state index in [0.717, 1.165) is 11.3 Å². The van der Waals surface area contributed by atoms with Crippen molar-refractivity contribution in [2.24, 2.45) is 5.41 Å². The maximum absolute atomic E-state index is 14.0. The van der Waals surface area contributed by atoms with Crippen LogP contribution in [-0.4, -0.2) is 43.6 Å². The largest absolute Gasteiger partial charge is 0.444 e. The molecule has 1 aromatic heterocycles. The van der Waals surface area contributed by atoms with Crippen molar-refractivity contribution in [3.05, 3.63) is 29.3 Å². The van der Waals surface area contributed by atoms with Crippen LogP contribution in [0.1, 0.15) is 71.7 Å². The molecule has 1 saturated heterocycles. The molecule has 0 aromatic carbocycles. The predicted octanol–water partition coefficient (Wildman–Crippen LogP) is 3.89. The molecule has 1 aromatic rings. The maximum Gasteiger partial charge on any atom is 0.410 e. The van der Waals surface area contributed by atoms with Crippen molar-refractivity contribution in [1.29, 1.82) is 0 Å². The summed E-state index contributed by atoms with van der Waals surface area (Å²) in [6.07, 6.45) is 3.04. The first-order valence-corrected chi connectivity index (χ1v) is 11.3. The summed E-state index contributed by atoms with van der Waals surface area (Å²) in [7, 11) is -1.31. The number of ether oxygens (including phenoxy) is 1. The molecule has 0 saturated carbocycles. The van der Waals surface area contributed by atoms with E-state index in [9.17, 15) is 13.4 Å². The van der Waals surface area contributed by atoms with Gasteiger partial charge in [-0.05, 0) is 77.8 Å². The van der Waals surface area contributed by atoms with Gasteiger partial charge in [-0.2, -0.15) is 0 Å². The highest BCUT2D eigenvalue weighted by atomic mass is 32.2. The van der Waals surface area contributed by atoms with Crippen LogP contribution in [0.3, 0.4) is 0 Å². The van der Waals surface area contributed by atoms with Gasteiger partial charge in [0.1, 0.15) is 11.4 Å². The minimum atomic E-state index is -1.31. The lowest BCUT2D eigenvalue weighted by Gasteiger charge is -2.43. The number of hydrogen-bond acceptors (Lipinski definition) is 4. The van der Waals surface area contributed by atoms with Crippen LogP contribution >= 0.6 is 0 Å². The van der Waals surface area contributed by atoms with Gasteiger partial charge in [0.15, 0.2) is 0 Å². The van der Waals surface area contributed by atoms with E-state index in [1.54, 1.807) is 4.90 Å². The molecule has 162 valence electrons. The summed E-state index contributed by atoms with van der Waals surface area (Å²) in [6, 6.07) is 1.25. The number of carbonyl (C=O) groups excluding carboxylic acids is 1. The summed E-state index contributed by atoms with van der Waals surface area (Å²) in [5, 5.41) is 0. The summed E-state index contributed by atoms with van der Waals surface area (Å²) < 4.78 is 35.2. The van der Waals surface area contributed by atoms with Crippen LogP contribution in [0.4, 0.5) is 9.18 Å². The van der Waals surface area contributed by atoms with Crippen molar-refractivity contribution >= 4 is 17.1 Å². The van der Waals surface area contributed by atoms with Gasteiger partial charge in [-0.1, -0.05) is 0 Å². The summed E-state index contributed by atoms with van der Waals surface area (Å²) >= 11 is 0. The highest BCUT2D eigenvalue weighted by molar-refractivity contribution is 7.84. The van der Waals surface area contributed by atoms with E-state index in [2.05, 4.69) is 9.71 Å². The SMILES string of the molecule is CC(C)(C)OC(=O)N1CCC2(CC1)Cc1ncc(F)cc1C2NS(=O)C(C)(C)C. The Kier molecular flexibility index (Phi) is 5.82. The summed E-state index contributed by atoms with van der Waals surface area (Å²) in [5.41, 5.74) is 0.849. The molecule has 1 amide bonds. The van der Waals surface area contributed by atoms with Crippen LogP contribution in [0, 0.1) is 11.2 Å². The van der Waals surface area contributed by atoms with Gasteiger partial charge in [-0.15, -0.1) is 0 Å². The number of amides is 1. The Bertz CT molecular complexity index is 808. The van der Waals surface area contributed by atoms with Crippen LogP contribution in [0.25, 0.3) is 0 Å². The summed E-state index contributed by atoms with van der Waals surface area (Å²) in [5.74, 6) is -0.389. The number of carbonyl (C=O) groups is 1. The quantitative estimate of drug-likeness (QED) is 0.780. The van der Waals surface area contributed by atoms with E-state index in [4.69, 9.17) is 4.74 Å². The third-order valence-corrected chi connectivity index (χ3v) is 7.17. The Labute approximate surface area is 175 Å². The molecule has 8 heteroatoms. The summed E-state index contributed by atoms with van der Waals surface area (Å²) in [6.45, 7) is 12.4. The number of hydrogen-bond donors (Lipinski definition) is 1. The van der Waals surface area contributed by atoms with Crippen molar-refractivity contribution in [3.63, 3.8) is 0 Å². The number of halogens is 1. The minimum Gasteiger partial charge on any atom is -0.444 e. The standard InChI is InChI=1S/C21H32FN3O3S/c1-19(2,3)28-18(26)25-9-7-21(8-10-25)12-16-15(11-14(22)13-23-16)17(21)24-29(27)20(4,5)6/h11,13,17,24H,7-10,12H2,1-6H3. The molecular weight excluding hydrogens is 393 g/mol. The molecule has 1 N–H and O–H groups in total. The van der Waals surface area contributed by atoms with Gasteiger partial charge in [0.2, 0.25) is 0 Å². The fourth-order valence-electron chi connectivity index (χ4n) is 4.05. The molecular formula is C21H32FN3O3S. The highest BCUT2D eigenvalue weighted by Gasteiger charge is 2.50. The van der Waals surface area contributed by atoms with E-state index >= 15 is 0 Å². The fraction of sp³-hybridized carbons (Fsp3) is 0.714. The molecule has 2 atom stereocenters. The van der Waals surface area contributed by atoms with Gasteiger partial charge in [0.05, 0.1) is 28.0 Å². The molecule has 1 aliphatic heterocycles. The number of nitrogens with zero attached hydrogens (tertiary/aromatic N) is 2. The Balaban J connectivity index is 1.82. The lowest BCUT2D eigenvalue weighted by molar-refractivity contribution is 0.00719. The molecule has 3 rings (SSSR count). The average Bonchev–Trinajstić information content (AvgIpc) is 2.86. The number of rotatable bonds is 2. The molecule has 1 spiro atoms. The third kappa shape index (κ3) is 4.79. The number of fused-ring (bicyclic) bond motifs is 1. The van der Waals surface area contributed by atoms with E-state index in [1.807, 2.05) is 41.5 Å². The van der Waals surface area contributed by atoms with E-state index < -0.39 is 21.3 Å². The average molecular weight is 426 g/mol. The van der Waals surface area contributed by atoms with Gasteiger partial charge >= 0.3 is 6.09 Å². The first kappa shape index (κ1) is 22.2. The number of pyridine rings is 1. The molecule has 0 radical (unpaired) electrons. The lowest BCUT2D eigenvalue weighted by atomic mass is 9.73. The highest BCUT2D eigenvalue weighted by Crippen LogP contribution is 2.52. The maximum atomic E-state index is 14.0. The predicted molar refractivity (Wildman–Crippen MR) is 111 cm³/mol. The van der Waals surface area contributed by atoms with Crippen molar-refractivity contribution in [3.8, 4) is 0 Å². The van der Waals surface area contributed by atoms with E-state index in [-0.39, 0.29) is 23.4 Å². The second kappa shape index (κ2) is 7.61. The van der Waals surface area contributed by atoms with E-state index in [0.29, 0.717) is 32.4 Å². The third-order valence-electron chi connectivity index (χ3n) is 5.61. The zero-order valence-corrected chi connectivity index (χ0v) is 19.0. The van der Waals surface area contributed by atoms with Gasteiger partial charge in [0, 0.05) is 18.8 Å². The van der Waals surface area contributed by atoms with Gasteiger partial charge in [-0.3, -0.25) is 4.98 Å². The molecule has 2 unspecified atom stereocenters.